The Labute approximate surface area is 99.6 Å². The van der Waals surface area contributed by atoms with Crippen LogP contribution in [0.15, 0.2) is 23.3 Å². The number of carbonyl (C=O) groups excluding carboxylic acids is 1. The summed E-state index contributed by atoms with van der Waals surface area (Å²) in [7, 11) is 0. The number of carbonyl (C=O) groups is 1. The SMILES string of the molecule is CC(C)=CCC1CC=C(C)C(C=O)C1(C)C. The fraction of sp³-hybridized carbons (Fsp3) is 0.667. The summed E-state index contributed by atoms with van der Waals surface area (Å²) in [5.41, 5.74) is 2.70. The van der Waals surface area contributed by atoms with Crippen molar-refractivity contribution in [3.05, 3.63) is 23.3 Å². The Balaban J connectivity index is 2.89. The highest BCUT2D eigenvalue weighted by atomic mass is 16.1. The molecule has 1 nitrogen and oxygen atoms in total. The quantitative estimate of drug-likeness (QED) is 0.516. The lowest BCUT2D eigenvalue weighted by Gasteiger charge is -2.42. The van der Waals surface area contributed by atoms with E-state index in [9.17, 15) is 4.79 Å². The Morgan fingerprint density at radius 2 is 2.12 bits per heavy atom. The summed E-state index contributed by atoms with van der Waals surface area (Å²) in [6, 6.07) is 0. The second-order valence-corrected chi connectivity index (χ2v) is 5.83. The maximum absolute atomic E-state index is 11.2. The Bertz CT molecular complexity index is 316. The molecule has 0 amide bonds. The third-order valence-electron chi connectivity index (χ3n) is 4.02. The van der Waals surface area contributed by atoms with Crippen molar-refractivity contribution in [2.24, 2.45) is 17.3 Å². The fourth-order valence-electron chi connectivity index (χ4n) is 2.66. The molecule has 0 aromatic rings. The van der Waals surface area contributed by atoms with Crippen molar-refractivity contribution in [1.29, 1.82) is 0 Å². The van der Waals surface area contributed by atoms with E-state index < -0.39 is 0 Å². The van der Waals surface area contributed by atoms with Gasteiger partial charge in [-0.25, -0.2) is 0 Å². The average molecular weight is 220 g/mol. The van der Waals surface area contributed by atoms with E-state index in [2.05, 4.69) is 46.8 Å². The van der Waals surface area contributed by atoms with E-state index in [0.29, 0.717) is 5.92 Å². The normalized spacial score (nSPS) is 28.2. The minimum absolute atomic E-state index is 0.0898. The molecule has 0 radical (unpaired) electrons. The Hall–Kier alpha value is -0.850. The predicted octanol–water partition coefficient (Wildman–Crippen LogP) is 4.15. The van der Waals surface area contributed by atoms with Crippen LogP contribution >= 0.6 is 0 Å². The van der Waals surface area contributed by atoms with Crippen LogP contribution in [-0.2, 0) is 4.79 Å². The lowest BCUT2D eigenvalue weighted by atomic mass is 9.62. The van der Waals surface area contributed by atoms with Gasteiger partial charge in [-0.3, -0.25) is 0 Å². The largest absolute Gasteiger partial charge is 0.303 e. The van der Waals surface area contributed by atoms with Crippen LogP contribution in [0.2, 0.25) is 0 Å². The van der Waals surface area contributed by atoms with Gasteiger partial charge in [-0.1, -0.05) is 37.1 Å². The third-order valence-corrected chi connectivity index (χ3v) is 4.02. The molecule has 1 rings (SSSR count). The molecule has 16 heavy (non-hydrogen) atoms. The van der Waals surface area contributed by atoms with E-state index in [1.54, 1.807) is 0 Å². The van der Waals surface area contributed by atoms with Gasteiger partial charge in [0, 0.05) is 5.92 Å². The molecule has 0 aromatic carbocycles. The molecule has 0 aromatic heterocycles. The van der Waals surface area contributed by atoms with Gasteiger partial charge in [-0.05, 0) is 44.9 Å². The average Bonchev–Trinajstić information content (AvgIpc) is 2.15. The zero-order valence-electron chi connectivity index (χ0n) is 11.2. The molecule has 2 unspecified atom stereocenters. The molecule has 0 N–H and O–H groups in total. The van der Waals surface area contributed by atoms with Crippen LogP contribution in [0, 0.1) is 17.3 Å². The van der Waals surface area contributed by atoms with Gasteiger partial charge in [0.2, 0.25) is 0 Å². The molecule has 0 spiro atoms. The van der Waals surface area contributed by atoms with Gasteiger partial charge in [-0.15, -0.1) is 0 Å². The molecule has 1 aliphatic carbocycles. The zero-order valence-corrected chi connectivity index (χ0v) is 11.2. The van der Waals surface area contributed by atoms with Crippen molar-refractivity contribution in [1.82, 2.24) is 0 Å². The number of rotatable bonds is 3. The predicted molar refractivity (Wildman–Crippen MR) is 69.2 cm³/mol. The molecule has 0 heterocycles. The van der Waals surface area contributed by atoms with E-state index in [1.807, 2.05) is 0 Å². The van der Waals surface area contributed by atoms with Crippen molar-refractivity contribution in [3.8, 4) is 0 Å². The first-order valence-electron chi connectivity index (χ1n) is 6.15. The highest BCUT2D eigenvalue weighted by molar-refractivity contribution is 5.60. The molecule has 0 saturated carbocycles. The molecular formula is C15H24O. The molecule has 0 saturated heterocycles. The number of hydrogen-bond acceptors (Lipinski definition) is 1. The van der Waals surface area contributed by atoms with Crippen LogP contribution in [-0.4, -0.2) is 6.29 Å². The van der Waals surface area contributed by atoms with Gasteiger partial charge in [0.1, 0.15) is 6.29 Å². The number of hydrogen-bond donors (Lipinski definition) is 0. The Morgan fingerprint density at radius 1 is 1.50 bits per heavy atom. The van der Waals surface area contributed by atoms with Crippen LogP contribution in [0.3, 0.4) is 0 Å². The molecule has 2 atom stereocenters. The van der Waals surface area contributed by atoms with Crippen molar-refractivity contribution in [3.63, 3.8) is 0 Å². The molecule has 1 heteroatoms. The molecule has 1 aliphatic rings. The minimum atomic E-state index is 0.0898. The molecule has 0 aliphatic heterocycles. The van der Waals surface area contributed by atoms with Gasteiger partial charge in [0.05, 0.1) is 0 Å². The summed E-state index contributed by atoms with van der Waals surface area (Å²) in [6.45, 7) is 10.8. The summed E-state index contributed by atoms with van der Waals surface area (Å²) in [6.07, 6.45) is 7.85. The maximum atomic E-state index is 11.2. The Morgan fingerprint density at radius 3 is 2.62 bits per heavy atom. The summed E-state index contributed by atoms with van der Waals surface area (Å²) in [5.74, 6) is 0.679. The maximum Gasteiger partial charge on any atom is 0.127 e. The lowest BCUT2D eigenvalue weighted by Crippen LogP contribution is -2.36. The number of aldehydes is 1. The molecule has 90 valence electrons. The second kappa shape index (κ2) is 4.99. The molecule has 0 fully saturated rings. The van der Waals surface area contributed by atoms with Crippen LogP contribution < -0.4 is 0 Å². The van der Waals surface area contributed by atoms with Crippen LogP contribution in [0.4, 0.5) is 0 Å². The van der Waals surface area contributed by atoms with Crippen LogP contribution in [0.25, 0.3) is 0 Å². The standard InChI is InChI=1S/C15H24O/c1-11(2)6-8-13-9-7-12(3)14(10-16)15(13,4)5/h6-7,10,13-14H,8-9H2,1-5H3. The summed E-state index contributed by atoms with van der Waals surface area (Å²) in [5, 5.41) is 0. The van der Waals surface area contributed by atoms with Gasteiger partial charge in [0.15, 0.2) is 0 Å². The first-order chi connectivity index (χ1) is 7.39. The van der Waals surface area contributed by atoms with E-state index in [4.69, 9.17) is 0 Å². The molecular weight excluding hydrogens is 196 g/mol. The first kappa shape index (κ1) is 13.2. The van der Waals surface area contributed by atoms with Gasteiger partial charge >= 0.3 is 0 Å². The van der Waals surface area contributed by atoms with Gasteiger partial charge in [0.25, 0.3) is 0 Å². The number of allylic oxidation sites excluding steroid dienone is 4. The van der Waals surface area contributed by atoms with Crippen LogP contribution in [0.1, 0.15) is 47.5 Å². The fourth-order valence-corrected chi connectivity index (χ4v) is 2.66. The summed E-state index contributed by atoms with van der Waals surface area (Å²) >= 11 is 0. The van der Waals surface area contributed by atoms with Gasteiger partial charge < -0.3 is 4.79 Å². The van der Waals surface area contributed by atoms with Crippen LogP contribution in [0.5, 0.6) is 0 Å². The van der Waals surface area contributed by atoms with E-state index >= 15 is 0 Å². The summed E-state index contributed by atoms with van der Waals surface area (Å²) < 4.78 is 0. The smallest absolute Gasteiger partial charge is 0.127 e. The monoisotopic (exact) mass is 220 g/mol. The third kappa shape index (κ3) is 2.63. The van der Waals surface area contributed by atoms with Gasteiger partial charge in [-0.2, -0.15) is 0 Å². The van der Waals surface area contributed by atoms with Crippen molar-refractivity contribution in [2.45, 2.75) is 47.5 Å². The second-order valence-electron chi connectivity index (χ2n) is 5.83. The van der Waals surface area contributed by atoms with E-state index in [1.165, 1.54) is 11.1 Å². The van der Waals surface area contributed by atoms with E-state index in [-0.39, 0.29) is 11.3 Å². The Kier molecular flexibility index (Phi) is 4.12. The zero-order chi connectivity index (χ0) is 12.3. The highest BCUT2D eigenvalue weighted by Gasteiger charge is 2.39. The van der Waals surface area contributed by atoms with Crippen molar-refractivity contribution in [2.75, 3.05) is 0 Å². The molecule has 0 bridgehead atoms. The lowest BCUT2D eigenvalue weighted by molar-refractivity contribution is -0.114. The highest BCUT2D eigenvalue weighted by Crippen LogP contribution is 2.45. The topological polar surface area (TPSA) is 17.1 Å². The van der Waals surface area contributed by atoms with Crippen molar-refractivity contribution >= 4 is 6.29 Å². The first-order valence-corrected chi connectivity index (χ1v) is 6.15. The minimum Gasteiger partial charge on any atom is -0.303 e. The summed E-state index contributed by atoms with van der Waals surface area (Å²) in [4.78, 5) is 11.2. The van der Waals surface area contributed by atoms with Crippen molar-refractivity contribution < 1.29 is 4.79 Å². The van der Waals surface area contributed by atoms with E-state index in [0.717, 1.165) is 19.1 Å².